The average molecular weight is 272 g/mol. The molecule has 98 valence electrons. The van der Waals surface area contributed by atoms with Gasteiger partial charge >= 0.3 is 0 Å². The predicted octanol–water partition coefficient (Wildman–Crippen LogP) is 4.17. The molecular weight excluding hydrogens is 254 g/mol. The van der Waals surface area contributed by atoms with E-state index in [2.05, 4.69) is 53.9 Å². The Kier molecular flexibility index (Phi) is 3.34. The summed E-state index contributed by atoms with van der Waals surface area (Å²) in [6.07, 6.45) is 6.27. The molecule has 0 aromatic heterocycles. The standard InChI is InChI=1S/C17H17N.ClH/c1-2-4-13-9-14(6-5-12(13)3-1)15-10-16-7-8-17(11-15)18-16;/h1-6,9-10,16-18H,7-8,11H2;1H. The van der Waals surface area contributed by atoms with Crippen LogP contribution in [0.5, 0.6) is 0 Å². The Bertz CT molecular complexity index is 632. The molecule has 0 aliphatic carbocycles. The fraction of sp³-hybridized carbons (Fsp3) is 0.294. The van der Waals surface area contributed by atoms with E-state index >= 15 is 0 Å². The monoisotopic (exact) mass is 271 g/mol. The van der Waals surface area contributed by atoms with Gasteiger partial charge in [-0.15, -0.1) is 12.4 Å². The van der Waals surface area contributed by atoms with Gasteiger partial charge in [-0.3, -0.25) is 0 Å². The van der Waals surface area contributed by atoms with Gasteiger partial charge in [0.25, 0.3) is 0 Å². The van der Waals surface area contributed by atoms with Crippen molar-refractivity contribution in [3.63, 3.8) is 0 Å². The SMILES string of the molecule is C1=C(c2ccc3ccccc3c2)CC2CCC1N2.Cl. The Labute approximate surface area is 120 Å². The normalized spacial score (nSPS) is 24.9. The van der Waals surface area contributed by atoms with Gasteiger partial charge in [0.2, 0.25) is 0 Å². The smallest absolute Gasteiger partial charge is 0.0259 e. The maximum absolute atomic E-state index is 3.65. The zero-order valence-corrected chi connectivity index (χ0v) is 11.6. The largest absolute Gasteiger partial charge is 0.307 e. The van der Waals surface area contributed by atoms with Crippen molar-refractivity contribution in [1.29, 1.82) is 0 Å². The molecule has 2 unspecified atom stereocenters. The lowest BCUT2D eigenvalue weighted by Gasteiger charge is -2.21. The summed E-state index contributed by atoms with van der Waals surface area (Å²) in [7, 11) is 0. The predicted molar refractivity (Wildman–Crippen MR) is 83.7 cm³/mol. The molecule has 2 aliphatic heterocycles. The third-order valence-electron chi connectivity index (χ3n) is 4.26. The molecule has 0 radical (unpaired) electrons. The van der Waals surface area contributed by atoms with Crippen LogP contribution in [0, 0.1) is 0 Å². The van der Waals surface area contributed by atoms with Crippen LogP contribution in [-0.2, 0) is 0 Å². The molecular formula is C17H18ClN. The minimum absolute atomic E-state index is 0. The van der Waals surface area contributed by atoms with Gasteiger partial charge in [0, 0.05) is 12.1 Å². The van der Waals surface area contributed by atoms with Crippen LogP contribution in [-0.4, -0.2) is 12.1 Å². The lowest BCUT2D eigenvalue weighted by Crippen LogP contribution is -2.31. The van der Waals surface area contributed by atoms with Crippen LogP contribution in [0.15, 0.2) is 48.5 Å². The van der Waals surface area contributed by atoms with Crippen molar-refractivity contribution in [2.24, 2.45) is 0 Å². The molecule has 4 rings (SSSR count). The average Bonchev–Trinajstić information content (AvgIpc) is 2.77. The summed E-state index contributed by atoms with van der Waals surface area (Å²) in [6.45, 7) is 0. The summed E-state index contributed by atoms with van der Waals surface area (Å²) in [4.78, 5) is 0. The molecule has 2 aliphatic rings. The Balaban J connectivity index is 0.00000110. The van der Waals surface area contributed by atoms with Crippen molar-refractivity contribution in [3.8, 4) is 0 Å². The van der Waals surface area contributed by atoms with Crippen molar-refractivity contribution in [2.45, 2.75) is 31.3 Å². The minimum atomic E-state index is 0. The van der Waals surface area contributed by atoms with Crippen molar-refractivity contribution in [3.05, 3.63) is 54.1 Å². The van der Waals surface area contributed by atoms with E-state index in [1.165, 1.54) is 41.2 Å². The second-order valence-electron chi connectivity index (χ2n) is 5.51. The molecule has 1 fully saturated rings. The number of nitrogens with one attached hydrogen (secondary N) is 1. The van der Waals surface area contributed by atoms with Crippen molar-refractivity contribution >= 4 is 28.8 Å². The van der Waals surface area contributed by atoms with E-state index in [-0.39, 0.29) is 12.4 Å². The van der Waals surface area contributed by atoms with Gasteiger partial charge in [-0.2, -0.15) is 0 Å². The van der Waals surface area contributed by atoms with Crippen LogP contribution in [0.3, 0.4) is 0 Å². The lowest BCUT2D eigenvalue weighted by molar-refractivity contribution is 0.575. The van der Waals surface area contributed by atoms with E-state index in [9.17, 15) is 0 Å². The highest BCUT2D eigenvalue weighted by Gasteiger charge is 2.28. The van der Waals surface area contributed by atoms with Crippen LogP contribution >= 0.6 is 12.4 Å². The number of halogens is 1. The molecule has 0 saturated carbocycles. The van der Waals surface area contributed by atoms with E-state index in [4.69, 9.17) is 0 Å². The van der Waals surface area contributed by atoms with Crippen molar-refractivity contribution in [1.82, 2.24) is 5.32 Å². The number of fused-ring (bicyclic) bond motifs is 3. The van der Waals surface area contributed by atoms with Gasteiger partial charge < -0.3 is 5.32 Å². The maximum atomic E-state index is 3.65. The summed E-state index contributed by atoms with van der Waals surface area (Å²) >= 11 is 0. The molecule has 1 N–H and O–H groups in total. The lowest BCUT2D eigenvalue weighted by atomic mass is 9.94. The molecule has 2 aromatic rings. The topological polar surface area (TPSA) is 12.0 Å². The molecule has 19 heavy (non-hydrogen) atoms. The second-order valence-corrected chi connectivity index (χ2v) is 5.51. The molecule has 2 aromatic carbocycles. The zero-order chi connectivity index (χ0) is 11.9. The molecule has 1 saturated heterocycles. The number of rotatable bonds is 1. The van der Waals surface area contributed by atoms with Crippen molar-refractivity contribution in [2.75, 3.05) is 0 Å². The van der Waals surface area contributed by atoms with E-state index in [1.54, 1.807) is 0 Å². The van der Waals surface area contributed by atoms with E-state index in [0.717, 1.165) is 0 Å². The second kappa shape index (κ2) is 4.99. The first-order valence-electron chi connectivity index (χ1n) is 6.84. The Hall–Kier alpha value is -1.31. The van der Waals surface area contributed by atoms with Crippen molar-refractivity contribution < 1.29 is 0 Å². The van der Waals surface area contributed by atoms with E-state index in [0.29, 0.717) is 12.1 Å². The summed E-state index contributed by atoms with van der Waals surface area (Å²) < 4.78 is 0. The van der Waals surface area contributed by atoms with Gasteiger partial charge in [0.15, 0.2) is 0 Å². The van der Waals surface area contributed by atoms with Gasteiger partial charge in [-0.25, -0.2) is 0 Å². The molecule has 2 heterocycles. The first kappa shape index (κ1) is 12.7. The van der Waals surface area contributed by atoms with Crippen LogP contribution in [0.25, 0.3) is 16.3 Å². The van der Waals surface area contributed by atoms with E-state index < -0.39 is 0 Å². The Morgan fingerprint density at radius 2 is 1.79 bits per heavy atom. The summed E-state index contributed by atoms with van der Waals surface area (Å²) in [6, 6.07) is 16.8. The Morgan fingerprint density at radius 1 is 0.947 bits per heavy atom. The third-order valence-corrected chi connectivity index (χ3v) is 4.26. The highest BCUT2D eigenvalue weighted by atomic mass is 35.5. The van der Waals surface area contributed by atoms with E-state index in [1.807, 2.05) is 0 Å². The van der Waals surface area contributed by atoms with Crippen LogP contribution < -0.4 is 5.32 Å². The molecule has 2 bridgehead atoms. The summed E-state index contributed by atoms with van der Waals surface area (Å²) in [5, 5.41) is 6.33. The summed E-state index contributed by atoms with van der Waals surface area (Å²) in [5.74, 6) is 0. The summed E-state index contributed by atoms with van der Waals surface area (Å²) in [5.41, 5.74) is 2.94. The van der Waals surface area contributed by atoms with Gasteiger partial charge in [0.05, 0.1) is 0 Å². The number of hydrogen-bond acceptors (Lipinski definition) is 1. The highest BCUT2D eigenvalue weighted by molar-refractivity contribution is 5.86. The number of hydrogen-bond donors (Lipinski definition) is 1. The van der Waals surface area contributed by atoms with Gasteiger partial charge in [-0.1, -0.05) is 42.5 Å². The molecule has 2 heteroatoms. The van der Waals surface area contributed by atoms with Crippen LogP contribution in [0.2, 0.25) is 0 Å². The highest BCUT2D eigenvalue weighted by Crippen LogP contribution is 2.32. The zero-order valence-electron chi connectivity index (χ0n) is 10.8. The fourth-order valence-corrected chi connectivity index (χ4v) is 3.32. The fourth-order valence-electron chi connectivity index (χ4n) is 3.32. The quantitative estimate of drug-likeness (QED) is 0.821. The van der Waals surface area contributed by atoms with Crippen LogP contribution in [0.4, 0.5) is 0 Å². The molecule has 0 amide bonds. The first-order chi connectivity index (χ1) is 8.88. The maximum Gasteiger partial charge on any atom is 0.0259 e. The molecule has 1 nitrogen and oxygen atoms in total. The van der Waals surface area contributed by atoms with Crippen LogP contribution in [0.1, 0.15) is 24.8 Å². The van der Waals surface area contributed by atoms with Gasteiger partial charge in [0.1, 0.15) is 0 Å². The molecule has 0 spiro atoms. The minimum Gasteiger partial charge on any atom is -0.307 e. The van der Waals surface area contributed by atoms with Gasteiger partial charge in [-0.05, 0) is 47.2 Å². The number of benzene rings is 2. The molecule has 2 atom stereocenters. The first-order valence-corrected chi connectivity index (χ1v) is 6.84. The Morgan fingerprint density at radius 3 is 2.63 bits per heavy atom. The third kappa shape index (κ3) is 2.29.